The highest BCUT2D eigenvalue weighted by atomic mass is 35.5. The van der Waals surface area contributed by atoms with Gasteiger partial charge in [0.25, 0.3) is 5.91 Å². The average Bonchev–Trinajstić information content (AvgIpc) is 3.83. The van der Waals surface area contributed by atoms with Crippen molar-refractivity contribution in [3.05, 3.63) is 84.7 Å². The zero-order valence-electron chi connectivity index (χ0n) is 25.8. The van der Waals surface area contributed by atoms with Crippen LogP contribution in [-0.2, 0) is 4.79 Å². The minimum absolute atomic E-state index is 0.0359. The van der Waals surface area contributed by atoms with E-state index in [9.17, 15) is 24.0 Å². The summed E-state index contributed by atoms with van der Waals surface area (Å²) < 4.78 is 3.96. The van der Waals surface area contributed by atoms with Crippen molar-refractivity contribution in [2.24, 2.45) is 5.73 Å². The fourth-order valence-corrected chi connectivity index (χ4v) is 5.42. The molecule has 0 saturated heterocycles. The second kappa shape index (κ2) is 14.9. The number of hydrogen-bond donors (Lipinski definition) is 2. The molecule has 0 aliphatic rings. The Morgan fingerprint density at radius 2 is 1.39 bits per heavy atom. The number of carbonyl (C=O) groups is 5. The van der Waals surface area contributed by atoms with Crippen LogP contribution in [0.5, 0.6) is 0 Å². The van der Waals surface area contributed by atoms with Crippen molar-refractivity contribution >= 4 is 70.3 Å². The maximum absolute atomic E-state index is 13.2. The lowest BCUT2D eigenvalue weighted by atomic mass is 10.1. The Labute approximate surface area is 275 Å². The zero-order chi connectivity index (χ0) is 33.5. The normalized spacial score (nSPS) is 10.8. The third-order valence-electron chi connectivity index (χ3n) is 7.11. The number of primary amides is 1. The Hall–Kier alpha value is -4.95. The van der Waals surface area contributed by atoms with Crippen LogP contribution >= 0.6 is 23.4 Å². The van der Waals surface area contributed by atoms with E-state index in [0.29, 0.717) is 28.5 Å². The number of amides is 5. The number of alkyl halides is 1. The zero-order valence-corrected chi connectivity index (χ0v) is 27.4. The SMILES string of the molecule is Cc1cc(C(=O)Nc2ccn(C(=O)N(C)c3ccn(C(=O)N(C)c4ccn(C(=O)N(C)CCC(N)=O)c4)c3)c2)ccc1SCCCl. The second-order valence-electron chi connectivity index (χ2n) is 10.4. The monoisotopic (exact) mass is 666 g/mol. The summed E-state index contributed by atoms with van der Waals surface area (Å²) in [7, 11) is 4.68. The van der Waals surface area contributed by atoms with Crippen LogP contribution in [0.1, 0.15) is 22.3 Å². The highest BCUT2D eigenvalue weighted by molar-refractivity contribution is 7.99. The Morgan fingerprint density at radius 1 is 0.826 bits per heavy atom. The molecule has 3 N–H and O–H groups in total. The van der Waals surface area contributed by atoms with Gasteiger partial charge in [-0.15, -0.1) is 23.4 Å². The van der Waals surface area contributed by atoms with E-state index in [1.165, 1.54) is 59.4 Å². The number of thioether (sulfide) groups is 1. The largest absolute Gasteiger partial charge is 0.370 e. The molecule has 15 heteroatoms. The number of anilines is 3. The molecule has 0 aliphatic carbocycles. The van der Waals surface area contributed by atoms with Crippen LogP contribution < -0.4 is 20.9 Å². The standard InChI is InChI=1S/C31H35ClN8O5S/c1-21-17-22(5-6-26(21)46-16-11-32)28(42)34-23-7-13-38(18-23)30(44)36(3)25-9-15-40(20-25)31(45)37(4)24-8-14-39(19-24)29(43)35(2)12-10-27(33)41/h5-9,13-15,17-20H,10-12,16H2,1-4H3,(H2,33,41)(H,34,42). The number of carbonyl (C=O) groups excluding carboxylic acids is 5. The summed E-state index contributed by atoms with van der Waals surface area (Å²) in [6, 6.07) is 9.09. The van der Waals surface area contributed by atoms with Gasteiger partial charge in [0, 0.05) is 93.4 Å². The van der Waals surface area contributed by atoms with Crippen molar-refractivity contribution in [2.45, 2.75) is 18.2 Å². The summed E-state index contributed by atoms with van der Waals surface area (Å²) in [5.74, 6) is 0.509. The average molecular weight is 667 g/mol. The van der Waals surface area contributed by atoms with Crippen LogP contribution in [0.25, 0.3) is 0 Å². The van der Waals surface area contributed by atoms with E-state index in [-0.39, 0.29) is 24.9 Å². The van der Waals surface area contributed by atoms with E-state index in [1.807, 2.05) is 19.1 Å². The Morgan fingerprint density at radius 3 is 1.96 bits per heavy atom. The fourth-order valence-electron chi connectivity index (χ4n) is 4.44. The van der Waals surface area contributed by atoms with Gasteiger partial charge in [-0.25, -0.2) is 14.4 Å². The van der Waals surface area contributed by atoms with Crippen LogP contribution in [0.3, 0.4) is 0 Å². The van der Waals surface area contributed by atoms with Crippen LogP contribution in [-0.4, -0.2) is 87.8 Å². The molecule has 0 radical (unpaired) electrons. The van der Waals surface area contributed by atoms with Gasteiger partial charge in [0.2, 0.25) is 5.91 Å². The highest BCUT2D eigenvalue weighted by Gasteiger charge is 2.20. The van der Waals surface area contributed by atoms with Crippen LogP contribution in [0.15, 0.2) is 78.5 Å². The van der Waals surface area contributed by atoms with Crippen molar-refractivity contribution in [3.63, 3.8) is 0 Å². The van der Waals surface area contributed by atoms with Gasteiger partial charge in [-0.2, -0.15) is 0 Å². The van der Waals surface area contributed by atoms with Crippen molar-refractivity contribution in [1.82, 2.24) is 18.6 Å². The molecule has 3 aromatic heterocycles. The summed E-state index contributed by atoms with van der Waals surface area (Å²) in [4.78, 5) is 68.1. The van der Waals surface area contributed by atoms with E-state index >= 15 is 0 Å². The molecule has 0 saturated carbocycles. The van der Waals surface area contributed by atoms with Gasteiger partial charge in [-0.1, -0.05) is 0 Å². The third-order valence-corrected chi connectivity index (χ3v) is 8.70. The first kappa shape index (κ1) is 33.9. The summed E-state index contributed by atoms with van der Waals surface area (Å²) >= 11 is 7.41. The number of halogens is 1. The summed E-state index contributed by atoms with van der Waals surface area (Å²) in [6.45, 7) is 2.10. The van der Waals surface area contributed by atoms with Crippen LogP contribution in [0, 0.1) is 6.92 Å². The van der Waals surface area contributed by atoms with E-state index < -0.39 is 18.0 Å². The van der Waals surface area contributed by atoms with Gasteiger partial charge in [0.05, 0.1) is 17.1 Å². The molecule has 0 atom stereocenters. The maximum atomic E-state index is 13.2. The Bertz CT molecular complexity index is 1760. The molecule has 0 unspecified atom stereocenters. The molecule has 4 aromatic rings. The summed E-state index contributed by atoms with van der Waals surface area (Å²) in [6.07, 6.45) is 9.15. The first-order valence-electron chi connectivity index (χ1n) is 14.1. The molecule has 0 bridgehead atoms. The smallest absolute Gasteiger partial charge is 0.332 e. The molecular formula is C31H35ClN8O5S. The van der Waals surface area contributed by atoms with Gasteiger partial charge >= 0.3 is 18.1 Å². The number of benzene rings is 1. The maximum Gasteiger partial charge on any atom is 0.332 e. The molecule has 3 heterocycles. The quantitative estimate of drug-likeness (QED) is 0.180. The molecule has 46 heavy (non-hydrogen) atoms. The predicted octanol–water partition coefficient (Wildman–Crippen LogP) is 4.97. The highest BCUT2D eigenvalue weighted by Crippen LogP contribution is 2.24. The molecule has 0 fully saturated rings. The van der Waals surface area contributed by atoms with Crippen LogP contribution in [0.2, 0.25) is 0 Å². The lowest BCUT2D eigenvalue weighted by Crippen LogP contribution is -2.33. The Kier molecular flexibility index (Phi) is 11.0. The molecular weight excluding hydrogens is 632 g/mol. The first-order valence-corrected chi connectivity index (χ1v) is 15.7. The molecule has 0 aliphatic heterocycles. The number of nitrogens with two attached hydrogens (primary N) is 1. The number of aromatic nitrogens is 3. The number of hydrogen-bond acceptors (Lipinski definition) is 6. The fraction of sp³-hybridized carbons (Fsp3) is 0.258. The van der Waals surface area contributed by atoms with Crippen molar-refractivity contribution in [1.29, 1.82) is 0 Å². The van der Waals surface area contributed by atoms with Gasteiger partial charge in [0.1, 0.15) is 0 Å². The van der Waals surface area contributed by atoms with Gasteiger partial charge in [0.15, 0.2) is 0 Å². The van der Waals surface area contributed by atoms with Crippen molar-refractivity contribution < 1.29 is 24.0 Å². The molecule has 0 spiro atoms. The molecule has 1 aromatic carbocycles. The van der Waals surface area contributed by atoms with Gasteiger partial charge in [-0.05, 0) is 48.9 Å². The van der Waals surface area contributed by atoms with Crippen molar-refractivity contribution in [3.8, 4) is 0 Å². The molecule has 5 amide bonds. The lowest BCUT2D eigenvalue weighted by Gasteiger charge is -2.18. The Balaban J connectivity index is 1.37. The summed E-state index contributed by atoms with van der Waals surface area (Å²) in [5, 5.41) is 2.82. The van der Waals surface area contributed by atoms with Gasteiger partial charge < -0.3 is 16.0 Å². The molecule has 242 valence electrons. The van der Waals surface area contributed by atoms with E-state index in [1.54, 1.807) is 63.4 Å². The molecule has 4 rings (SSSR count). The van der Waals surface area contributed by atoms with E-state index in [0.717, 1.165) is 16.2 Å². The van der Waals surface area contributed by atoms with Crippen molar-refractivity contribution in [2.75, 3.05) is 54.4 Å². The number of aryl methyl sites for hydroxylation is 1. The lowest BCUT2D eigenvalue weighted by molar-refractivity contribution is -0.118. The van der Waals surface area contributed by atoms with E-state index in [4.69, 9.17) is 17.3 Å². The topological polar surface area (TPSA) is 148 Å². The number of rotatable bonds is 10. The second-order valence-corrected chi connectivity index (χ2v) is 12.0. The minimum Gasteiger partial charge on any atom is -0.370 e. The summed E-state index contributed by atoms with van der Waals surface area (Å²) in [5.41, 5.74) is 7.99. The predicted molar refractivity (Wildman–Crippen MR) is 180 cm³/mol. The van der Waals surface area contributed by atoms with Gasteiger partial charge in [-0.3, -0.25) is 33.1 Å². The molecule has 13 nitrogen and oxygen atoms in total. The van der Waals surface area contributed by atoms with E-state index in [2.05, 4.69) is 5.32 Å². The third kappa shape index (κ3) is 8.00. The minimum atomic E-state index is -0.510. The van der Waals surface area contributed by atoms with Crippen LogP contribution in [0.4, 0.5) is 31.4 Å². The first-order chi connectivity index (χ1) is 21.9. The number of nitrogens with one attached hydrogen (secondary N) is 1. The number of nitrogens with zero attached hydrogens (tertiary/aromatic N) is 6.